The first-order valence-electron chi connectivity index (χ1n) is 6.45. The van der Waals surface area contributed by atoms with Crippen molar-refractivity contribution in [3.63, 3.8) is 0 Å². The van der Waals surface area contributed by atoms with Crippen molar-refractivity contribution in [1.82, 2.24) is 5.32 Å². The summed E-state index contributed by atoms with van der Waals surface area (Å²) in [6.07, 6.45) is 1.69. The monoisotopic (exact) mass is 231 g/mol. The first-order chi connectivity index (χ1) is 8.08. The Morgan fingerprint density at radius 1 is 1.41 bits per heavy atom. The maximum atomic E-state index is 11.9. The smallest absolute Gasteiger partial charge is 0.220 e. The molecule has 2 nitrogen and oxygen atoms in total. The van der Waals surface area contributed by atoms with Crippen molar-refractivity contribution in [2.24, 2.45) is 11.8 Å². The van der Waals surface area contributed by atoms with E-state index >= 15 is 0 Å². The Balaban J connectivity index is 2.09. The summed E-state index contributed by atoms with van der Waals surface area (Å²) in [5, 5.41) is 3.18. The Morgan fingerprint density at radius 3 is 2.82 bits per heavy atom. The molecule has 1 aliphatic carbocycles. The van der Waals surface area contributed by atoms with Gasteiger partial charge in [0.1, 0.15) is 0 Å². The molecule has 0 fully saturated rings. The first kappa shape index (κ1) is 12.2. The highest BCUT2D eigenvalue weighted by molar-refractivity contribution is 5.76. The molecule has 17 heavy (non-hydrogen) atoms. The minimum absolute atomic E-state index is 0.175. The fourth-order valence-electron chi connectivity index (χ4n) is 2.62. The maximum absolute atomic E-state index is 11.9. The van der Waals surface area contributed by atoms with E-state index in [4.69, 9.17) is 0 Å². The van der Waals surface area contributed by atoms with E-state index in [2.05, 4.69) is 50.4 Å². The van der Waals surface area contributed by atoms with Crippen LogP contribution in [0.4, 0.5) is 0 Å². The summed E-state index contributed by atoms with van der Waals surface area (Å²) in [5.41, 5.74) is 2.69. The van der Waals surface area contributed by atoms with Gasteiger partial charge < -0.3 is 5.32 Å². The van der Waals surface area contributed by atoms with Crippen LogP contribution in [0.2, 0.25) is 0 Å². The zero-order valence-corrected chi connectivity index (χ0v) is 10.9. The van der Waals surface area contributed by atoms with Gasteiger partial charge in [0.2, 0.25) is 5.91 Å². The molecule has 0 aliphatic heterocycles. The minimum atomic E-state index is 0.175. The molecule has 1 amide bonds. The lowest BCUT2D eigenvalue weighted by Crippen LogP contribution is -2.31. The van der Waals surface area contributed by atoms with Crippen molar-refractivity contribution < 1.29 is 4.79 Å². The first-order valence-corrected chi connectivity index (χ1v) is 6.45. The largest absolute Gasteiger partial charge is 0.349 e. The van der Waals surface area contributed by atoms with E-state index in [1.807, 2.05) is 0 Å². The van der Waals surface area contributed by atoms with E-state index in [1.165, 1.54) is 11.1 Å². The highest BCUT2D eigenvalue weighted by Gasteiger charge is 2.29. The van der Waals surface area contributed by atoms with E-state index in [1.54, 1.807) is 0 Å². The quantitative estimate of drug-likeness (QED) is 0.851. The van der Waals surface area contributed by atoms with E-state index in [9.17, 15) is 4.79 Å². The molecule has 2 atom stereocenters. The topological polar surface area (TPSA) is 29.1 Å². The fourth-order valence-corrected chi connectivity index (χ4v) is 2.62. The zero-order valence-electron chi connectivity index (χ0n) is 10.9. The van der Waals surface area contributed by atoms with Crippen LogP contribution in [0.25, 0.3) is 0 Å². The number of fused-ring (bicyclic) bond motifs is 1. The molecule has 1 aromatic carbocycles. The Kier molecular flexibility index (Phi) is 3.51. The Morgan fingerprint density at radius 2 is 2.12 bits per heavy atom. The predicted octanol–water partition coefficient (Wildman–Crippen LogP) is 3.08. The van der Waals surface area contributed by atoms with Crippen molar-refractivity contribution >= 4 is 5.91 Å². The number of amides is 1. The second kappa shape index (κ2) is 4.91. The number of hydrogen-bond donors (Lipinski definition) is 1. The van der Waals surface area contributed by atoms with Crippen LogP contribution in [-0.4, -0.2) is 5.91 Å². The standard InChI is InChI=1S/C15H21NO/c1-10(2)8-14(17)16-15-11(3)9-12-6-4-5-7-13(12)15/h4-7,10-11,15H,8-9H2,1-3H3,(H,16,17). The van der Waals surface area contributed by atoms with E-state index < -0.39 is 0 Å². The molecule has 2 unspecified atom stereocenters. The second-order valence-corrected chi connectivity index (χ2v) is 5.52. The van der Waals surface area contributed by atoms with Crippen LogP contribution < -0.4 is 5.32 Å². The molecule has 1 aromatic rings. The van der Waals surface area contributed by atoms with Crippen molar-refractivity contribution in [2.75, 3.05) is 0 Å². The van der Waals surface area contributed by atoms with Gasteiger partial charge in [-0.15, -0.1) is 0 Å². The predicted molar refractivity (Wildman–Crippen MR) is 69.6 cm³/mol. The molecule has 92 valence electrons. The van der Waals surface area contributed by atoms with E-state index in [0.717, 1.165) is 6.42 Å². The van der Waals surface area contributed by atoms with Crippen LogP contribution in [0, 0.1) is 11.8 Å². The summed E-state index contributed by atoms with van der Waals surface area (Å²) in [4.78, 5) is 11.9. The summed E-state index contributed by atoms with van der Waals surface area (Å²) < 4.78 is 0. The van der Waals surface area contributed by atoms with Crippen LogP contribution in [0.5, 0.6) is 0 Å². The number of nitrogens with one attached hydrogen (secondary N) is 1. The Bertz CT molecular complexity index is 411. The molecule has 1 aliphatic rings. The van der Waals surface area contributed by atoms with Crippen molar-refractivity contribution in [1.29, 1.82) is 0 Å². The lowest BCUT2D eigenvalue weighted by molar-refractivity contribution is -0.122. The summed E-state index contributed by atoms with van der Waals surface area (Å²) in [6, 6.07) is 8.64. The van der Waals surface area contributed by atoms with Gasteiger partial charge in [0, 0.05) is 6.42 Å². The molecule has 0 heterocycles. The van der Waals surface area contributed by atoms with Gasteiger partial charge in [-0.2, -0.15) is 0 Å². The molecule has 0 bridgehead atoms. The van der Waals surface area contributed by atoms with Crippen molar-refractivity contribution in [3.05, 3.63) is 35.4 Å². The average Bonchev–Trinajstić information content (AvgIpc) is 2.55. The van der Waals surface area contributed by atoms with Crippen LogP contribution in [0.3, 0.4) is 0 Å². The van der Waals surface area contributed by atoms with Gasteiger partial charge in [-0.3, -0.25) is 4.79 Å². The number of rotatable bonds is 3. The van der Waals surface area contributed by atoms with E-state index in [-0.39, 0.29) is 11.9 Å². The number of carbonyl (C=O) groups is 1. The van der Waals surface area contributed by atoms with Crippen LogP contribution in [0.1, 0.15) is 44.4 Å². The van der Waals surface area contributed by atoms with Gasteiger partial charge in [-0.05, 0) is 29.4 Å². The molecule has 2 heteroatoms. The number of hydrogen-bond acceptors (Lipinski definition) is 1. The summed E-state index contributed by atoms with van der Waals surface area (Å²) in [5.74, 6) is 1.10. The lowest BCUT2D eigenvalue weighted by Gasteiger charge is -2.19. The SMILES string of the molecule is CC(C)CC(=O)NC1c2ccccc2CC1C. The average molecular weight is 231 g/mol. The van der Waals surface area contributed by atoms with Gasteiger partial charge in [-0.1, -0.05) is 45.0 Å². The third-order valence-electron chi connectivity index (χ3n) is 3.41. The van der Waals surface area contributed by atoms with Gasteiger partial charge >= 0.3 is 0 Å². The van der Waals surface area contributed by atoms with Gasteiger partial charge in [-0.25, -0.2) is 0 Å². The summed E-state index contributed by atoms with van der Waals surface area (Å²) >= 11 is 0. The van der Waals surface area contributed by atoms with E-state index in [0.29, 0.717) is 18.3 Å². The van der Waals surface area contributed by atoms with Crippen LogP contribution >= 0.6 is 0 Å². The molecular weight excluding hydrogens is 210 g/mol. The molecule has 0 radical (unpaired) electrons. The second-order valence-electron chi connectivity index (χ2n) is 5.52. The van der Waals surface area contributed by atoms with Gasteiger partial charge in [0.25, 0.3) is 0 Å². The Hall–Kier alpha value is -1.31. The molecule has 0 saturated carbocycles. The third kappa shape index (κ3) is 2.68. The molecular formula is C15H21NO. The third-order valence-corrected chi connectivity index (χ3v) is 3.41. The molecule has 1 N–H and O–H groups in total. The maximum Gasteiger partial charge on any atom is 0.220 e. The highest BCUT2D eigenvalue weighted by Crippen LogP contribution is 2.35. The number of benzene rings is 1. The molecule has 0 spiro atoms. The lowest BCUT2D eigenvalue weighted by atomic mass is 10.0. The van der Waals surface area contributed by atoms with Gasteiger partial charge in [0.05, 0.1) is 6.04 Å². The fraction of sp³-hybridized carbons (Fsp3) is 0.533. The molecule has 2 rings (SSSR count). The highest BCUT2D eigenvalue weighted by atomic mass is 16.1. The summed E-state index contributed by atoms with van der Waals surface area (Å²) in [6.45, 7) is 6.36. The zero-order chi connectivity index (χ0) is 12.4. The summed E-state index contributed by atoms with van der Waals surface area (Å²) in [7, 11) is 0. The van der Waals surface area contributed by atoms with Crippen LogP contribution in [-0.2, 0) is 11.2 Å². The van der Waals surface area contributed by atoms with Gasteiger partial charge in [0.15, 0.2) is 0 Å². The molecule has 0 saturated heterocycles. The minimum Gasteiger partial charge on any atom is -0.349 e. The normalized spacial score (nSPS) is 22.6. The number of carbonyl (C=O) groups excluding carboxylic acids is 1. The van der Waals surface area contributed by atoms with Crippen molar-refractivity contribution in [3.8, 4) is 0 Å². The van der Waals surface area contributed by atoms with Crippen molar-refractivity contribution in [2.45, 2.75) is 39.7 Å². The molecule has 0 aromatic heterocycles. The Labute approximate surface area is 103 Å². The van der Waals surface area contributed by atoms with Crippen LogP contribution in [0.15, 0.2) is 24.3 Å².